The fourth-order valence-corrected chi connectivity index (χ4v) is 3.18. The van der Waals surface area contributed by atoms with Gasteiger partial charge in [-0.2, -0.15) is 0 Å². The molecule has 1 N–H and O–H groups in total. The number of hydrogen-bond donors (Lipinski definition) is 1. The van der Waals surface area contributed by atoms with Crippen LogP contribution in [0.2, 0.25) is 0 Å². The average Bonchev–Trinajstić information content (AvgIpc) is 2.78. The highest BCUT2D eigenvalue weighted by Crippen LogP contribution is 2.38. The van der Waals surface area contributed by atoms with Crippen molar-refractivity contribution in [1.29, 1.82) is 0 Å². The van der Waals surface area contributed by atoms with Gasteiger partial charge >= 0.3 is 0 Å². The third-order valence-corrected chi connectivity index (χ3v) is 4.69. The first-order valence-corrected chi connectivity index (χ1v) is 6.61. The summed E-state index contributed by atoms with van der Waals surface area (Å²) in [5, 5.41) is 4.75. The number of aliphatic imine (C=N–C) groups is 1. The van der Waals surface area contributed by atoms with Crippen LogP contribution in [0, 0.1) is 0 Å². The van der Waals surface area contributed by atoms with Crippen LogP contribution >= 0.6 is 11.8 Å². The van der Waals surface area contributed by atoms with Gasteiger partial charge in [-0.25, -0.2) is 0 Å². The average molecular weight is 212 g/mol. The molecule has 2 aliphatic rings. The first-order chi connectivity index (χ1) is 6.61. The van der Waals surface area contributed by atoms with Crippen LogP contribution in [0.5, 0.6) is 0 Å². The van der Waals surface area contributed by atoms with E-state index >= 15 is 0 Å². The van der Waals surface area contributed by atoms with Gasteiger partial charge in [0.15, 0.2) is 5.17 Å². The molecule has 1 saturated carbocycles. The molecular weight excluding hydrogens is 192 g/mol. The topological polar surface area (TPSA) is 24.4 Å². The van der Waals surface area contributed by atoms with Crippen molar-refractivity contribution < 1.29 is 0 Å². The zero-order valence-corrected chi connectivity index (χ0v) is 10.2. The summed E-state index contributed by atoms with van der Waals surface area (Å²) < 4.78 is 0. The second-order valence-electron chi connectivity index (χ2n) is 4.82. The summed E-state index contributed by atoms with van der Waals surface area (Å²) in [4.78, 5) is 4.85. The molecular formula is C11H20N2S. The minimum absolute atomic E-state index is 0.234. The molecule has 3 heteroatoms. The van der Waals surface area contributed by atoms with E-state index in [1.165, 1.54) is 36.6 Å². The van der Waals surface area contributed by atoms with Crippen LogP contribution in [0.1, 0.15) is 46.5 Å². The Morgan fingerprint density at radius 1 is 1.36 bits per heavy atom. The lowest BCUT2D eigenvalue weighted by Gasteiger charge is -2.20. The molecule has 0 aromatic carbocycles. The van der Waals surface area contributed by atoms with E-state index in [2.05, 4.69) is 26.1 Å². The van der Waals surface area contributed by atoms with E-state index in [1.807, 2.05) is 11.8 Å². The van der Waals surface area contributed by atoms with Crippen molar-refractivity contribution in [3.63, 3.8) is 0 Å². The Labute approximate surface area is 90.9 Å². The normalized spacial score (nSPS) is 27.2. The van der Waals surface area contributed by atoms with Gasteiger partial charge in [-0.15, -0.1) is 0 Å². The second-order valence-corrected chi connectivity index (χ2v) is 5.79. The van der Waals surface area contributed by atoms with Crippen LogP contribution in [-0.2, 0) is 0 Å². The molecule has 80 valence electrons. The summed E-state index contributed by atoms with van der Waals surface area (Å²) in [6, 6.07) is 0. The van der Waals surface area contributed by atoms with Crippen molar-refractivity contribution in [2.45, 2.75) is 57.5 Å². The summed E-state index contributed by atoms with van der Waals surface area (Å²) >= 11 is 1.90. The molecule has 0 radical (unpaired) electrons. The van der Waals surface area contributed by atoms with E-state index in [4.69, 9.17) is 4.99 Å². The summed E-state index contributed by atoms with van der Waals surface area (Å²) in [5.41, 5.74) is 0.613. The maximum Gasteiger partial charge on any atom is 0.157 e. The van der Waals surface area contributed by atoms with E-state index in [1.54, 1.807) is 0 Å². The zero-order valence-electron chi connectivity index (χ0n) is 9.39. The number of nitrogens with zero attached hydrogens (tertiary/aromatic N) is 1. The maximum absolute atomic E-state index is 4.85. The van der Waals surface area contributed by atoms with Gasteiger partial charge in [0.1, 0.15) is 0 Å². The quantitative estimate of drug-likeness (QED) is 0.778. The van der Waals surface area contributed by atoms with Crippen LogP contribution < -0.4 is 5.32 Å². The van der Waals surface area contributed by atoms with E-state index in [-0.39, 0.29) is 5.54 Å². The van der Waals surface area contributed by atoms with Gasteiger partial charge in [0.2, 0.25) is 0 Å². The van der Waals surface area contributed by atoms with E-state index < -0.39 is 0 Å². The summed E-state index contributed by atoms with van der Waals surface area (Å²) in [5.74, 6) is 1.17. The zero-order chi connectivity index (χ0) is 10.2. The fourth-order valence-electron chi connectivity index (χ4n) is 1.73. The molecule has 0 aromatic rings. The largest absolute Gasteiger partial charge is 0.360 e. The van der Waals surface area contributed by atoms with Gasteiger partial charge in [-0.05, 0) is 32.6 Å². The molecule has 2 rings (SSSR count). The van der Waals surface area contributed by atoms with Crippen LogP contribution in [0.3, 0.4) is 0 Å². The molecule has 1 aliphatic carbocycles. The minimum Gasteiger partial charge on any atom is -0.360 e. The molecule has 0 saturated heterocycles. The smallest absolute Gasteiger partial charge is 0.157 e. The lowest BCUT2D eigenvalue weighted by molar-refractivity contribution is 0.454. The number of rotatable bonds is 3. The Balaban J connectivity index is 2.00. The highest BCUT2D eigenvalue weighted by molar-refractivity contribution is 8.14. The predicted molar refractivity (Wildman–Crippen MR) is 64.0 cm³/mol. The van der Waals surface area contributed by atoms with Gasteiger partial charge < -0.3 is 5.32 Å². The SMILES string of the molecule is CCC1(CC)CSC(NC2(C)CC2)=N1. The van der Waals surface area contributed by atoms with Gasteiger partial charge in [0.25, 0.3) is 0 Å². The lowest BCUT2D eigenvalue weighted by atomic mass is 9.97. The molecule has 0 atom stereocenters. The van der Waals surface area contributed by atoms with Crippen LogP contribution in [0.15, 0.2) is 4.99 Å². The van der Waals surface area contributed by atoms with Gasteiger partial charge in [0, 0.05) is 11.3 Å². The molecule has 1 aliphatic heterocycles. The molecule has 2 nitrogen and oxygen atoms in total. The summed E-state index contributed by atoms with van der Waals surface area (Å²) in [6.45, 7) is 6.78. The maximum atomic E-state index is 4.85. The molecule has 1 fully saturated rings. The Morgan fingerprint density at radius 2 is 2.00 bits per heavy atom. The van der Waals surface area contributed by atoms with E-state index in [0.29, 0.717) is 5.54 Å². The van der Waals surface area contributed by atoms with Crippen molar-refractivity contribution in [1.82, 2.24) is 5.32 Å². The second kappa shape index (κ2) is 3.44. The molecule has 14 heavy (non-hydrogen) atoms. The number of amidine groups is 1. The van der Waals surface area contributed by atoms with Crippen molar-refractivity contribution in [3.8, 4) is 0 Å². The highest BCUT2D eigenvalue weighted by Gasteiger charge is 2.40. The van der Waals surface area contributed by atoms with Gasteiger partial charge in [0.05, 0.1) is 5.54 Å². The van der Waals surface area contributed by atoms with Gasteiger partial charge in [-0.3, -0.25) is 4.99 Å². The van der Waals surface area contributed by atoms with Crippen LogP contribution in [0.25, 0.3) is 0 Å². The van der Waals surface area contributed by atoms with Crippen molar-refractivity contribution in [2.24, 2.45) is 4.99 Å². The number of thioether (sulfide) groups is 1. The minimum atomic E-state index is 0.234. The van der Waals surface area contributed by atoms with Gasteiger partial charge in [-0.1, -0.05) is 25.6 Å². The van der Waals surface area contributed by atoms with Crippen molar-refractivity contribution in [3.05, 3.63) is 0 Å². The number of nitrogens with one attached hydrogen (secondary N) is 1. The molecule has 0 bridgehead atoms. The van der Waals surface area contributed by atoms with E-state index in [9.17, 15) is 0 Å². The predicted octanol–water partition coefficient (Wildman–Crippen LogP) is 2.79. The molecule has 0 spiro atoms. The Kier molecular flexibility index (Phi) is 2.54. The molecule has 0 unspecified atom stereocenters. The summed E-state index contributed by atoms with van der Waals surface area (Å²) in [6.07, 6.45) is 4.94. The van der Waals surface area contributed by atoms with Crippen molar-refractivity contribution >= 4 is 16.9 Å². The lowest BCUT2D eigenvalue weighted by Crippen LogP contribution is -2.32. The fraction of sp³-hybridized carbons (Fsp3) is 0.909. The number of hydrogen-bond acceptors (Lipinski definition) is 3. The third kappa shape index (κ3) is 1.92. The highest BCUT2D eigenvalue weighted by atomic mass is 32.2. The molecule has 0 aromatic heterocycles. The molecule has 0 amide bonds. The van der Waals surface area contributed by atoms with E-state index in [0.717, 1.165) is 0 Å². The van der Waals surface area contributed by atoms with Crippen LogP contribution in [0.4, 0.5) is 0 Å². The Hall–Kier alpha value is -0.180. The standard InChI is InChI=1S/C11H20N2S/c1-4-11(5-2)8-14-9(13-11)12-10(3)6-7-10/h4-8H2,1-3H3,(H,12,13). The Bertz CT molecular complexity index is 252. The summed E-state index contributed by atoms with van der Waals surface area (Å²) in [7, 11) is 0. The first-order valence-electron chi connectivity index (χ1n) is 5.62. The molecule has 1 heterocycles. The Morgan fingerprint density at radius 3 is 2.43 bits per heavy atom. The monoisotopic (exact) mass is 212 g/mol. The first kappa shape index (κ1) is 10.3. The third-order valence-electron chi connectivity index (χ3n) is 3.54. The van der Waals surface area contributed by atoms with Crippen LogP contribution in [-0.4, -0.2) is 22.0 Å². The van der Waals surface area contributed by atoms with Crippen molar-refractivity contribution in [2.75, 3.05) is 5.75 Å².